The molecule has 0 bridgehead atoms. The van der Waals surface area contributed by atoms with E-state index >= 15 is 0 Å². The second kappa shape index (κ2) is 4.84. The summed E-state index contributed by atoms with van der Waals surface area (Å²) < 4.78 is 2.11. The number of nitrogens with two attached hydrogens (primary N) is 1. The van der Waals surface area contributed by atoms with Crippen molar-refractivity contribution in [3.05, 3.63) is 47.8 Å². The van der Waals surface area contributed by atoms with E-state index in [1.165, 1.54) is 24.1 Å². The summed E-state index contributed by atoms with van der Waals surface area (Å²) in [6, 6.07) is 10.6. The Balaban J connectivity index is 1.60. The van der Waals surface area contributed by atoms with Crippen molar-refractivity contribution in [2.75, 3.05) is 5.73 Å². The molecule has 3 heteroatoms. The van der Waals surface area contributed by atoms with Crippen molar-refractivity contribution in [2.24, 2.45) is 0 Å². The van der Waals surface area contributed by atoms with E-state index in [2.05, 4.69) is 40.1 Å². The predicted molar refractivity (Wildman–Crippen MR) is 73.4 cm³/mol. The summed E-state index contributed by atoms with van der Waals surface area (Å²) in [5, 5.41) is 4.40. The van der Waals surface area contributed by atoms with Crippen LogP contribution in [0.5, 0.6) is 0 Å². The van der Waals surface area contributed by atoms with Gasteiger partial charge in [-0.1, -0.05) is 30.3 Å². The molecule has 0 amide bonds. The lowest BCUT2D eigenvalue weighted by Crippen LogP contribution is -2.06. The van der Waals surface area contributed by atoms with Crippen LogP contribution < -0.4 is 5.73 Å². The molecule has 1 aromatic carbocycles. The van der Waals surface area contributed by atoms with Gasteiger partial charge in [-0.2, -0.15) is 5.10 Å². The molecule has 1 saturated carbocycles. The van der Waals surface area contributed by atoms with Gasteiger partial charge in [0.05, 0.1) is 17.6 Å². The van der Waals surface area contributed by atoms with Crippen molar-refractivity contribution in [3.63, 3.8) is 0 Å². The normalized spacial score (nSPS) is 14.9. The van der Waals surface area contributed by atoms with Crippen LogP contribution in [0.4, 0.5) is 5.69 Å². The summed E-state index contributed by atoms with van der Waals surface area (Å²) in [7, 11) is 0. The Kier molecular flexibility index (Phi) is 3.05. The van der Waals surface area contributed by atoms with Crippen LogP contribution in [-0.2, 0) is 13.0 Å². The van der Waals surface area contributed by atoms with E-state index in [4.69, 9.17) is 5.73 Å². The first kappa shape index (κ1) is 11.3. The molecule has 3 nitrogen and oxygen atoms in total. The van der Waals surface area contributed by atoms with Gasteiger partial charge in [-0.3, -0.25) is 4.68 Å². The van der Waals surface area contributed by atoms with E-state index in [0.29, 0.717) is 5.92 Å². The largest absolute Gasteiger partial charge is 0.396 e. The zero-order chi connectivity index (χ0) is 12.4. The molecule has 1 aromatic heterocycles. The van der Waals surface area contributed by atoms with Crippen molar-refractivity contribution >= 4 is 5.69 Å². The highest BCUT2D eigenvalue weighted by Crippen LogP contribution is 2.42. The molecular formula is C15H19N3. The second-order valence-electron chi connectivity index (χ2n) is 5.07. The van der Waals surface area contributed by atoms with Crippen molar-refractivity contribution in [3.8, 4) is 0 Å². The van der Waals surface area contributed by atoms with Gasteiger partial charge in [0.15, 0.2) is 0 Å². The maximum atomic E-state index is 5.98. The molecule has 1 fully saturated rings. The van der Waals surface area contributed by atoms with Gasteiger partial charge in [0.2, 0.25) is 0 Å². The van der Waals surface area contributed by atoms with Gasteiger partial charge >= 0.3 is 0 Å². The first-order valence-corrected chi connectivity index (χ1v) is 6.69. The van der Waals surface area contributed by atoms with Crippen LogP contribution in [-0.4, -0.2) is 9.78 Å². The topological polar surface area (TPSA) is 43.8 Å². The third-order valence-corrected chi connectivity index (χ3v) is 3.55. The highest BCUT2D eigenvalue weighted by molar-refractivity contribution is 5.44. The van der Waals surface area contributed by atoms with Gasteiger partial charge in [0.1, 0.15) is 0 Å². The molecule has 0 atom stereocenters. The molecule has 0 aliphatic heterocycles. The molecule has 1 aliphatic carbocycles. The number of nitrogens with zero attached hydrogens (tertiary/aromatic N) is 2. The number of anilines is 1. The smallest absolute Gasteiger partial charge is 0.0735 e. The fourth-order valence-electron chi connectivity index (χ4n) is 2.47. The Morgan fingerprint density at radius 3 is 2.72 bits per heavy atom. The van der Waals surface area contributed by atoms with Crippen LogP contribution in [0.25, 0.3) is 0 Å². The fraction of sp³-hybridized carbons (Fsp3) is 0.400. The molecule has 18 heavy (non-hydrogen) atoms. The highest BCUT2D eigenvalue weighted by atomic mass is 15.3. The van der Waals surface area contributed by atoms with E-state index in [9.17, 15) is 0 Å². The van der Waals surface area contributed by atoms with Gasteiger partial charge in [-0.05, 0) is 31.2 Å². The monoisotopic (exact) mass is 241 g/mol. The lowest BCUT2D eigenvalue weighted by molar-refractivity contribution is 0.555. The molecule has 0 unspecified atom stereocenters. The van der Waals surface area contributed by atoms with Gasteiger partial charge in [0, 0.05) is 12.5 Å². The van der Waals surface area contributed by atoms with Crippen molar-refractivity contribution in [1.29, 1.82) is 0 Å². The van der Waals surface area contributed by atoms with Gasteiger partial charge in [-0.15, -0.1) is 0 Å². The van der Waals surface area contributed by atoms with E-state index in [1.54, 1.807) is 6.20 Å². The molecule has 0 radical (unpaired) electrons. The van der Waals surface area contributed by atoms with Gasteiger partial charge in [-0.25, -0.2) is 0 Å². The standard InChI is InChI=1S/C15H19N3/c16-14-11-17-18(15(14)13-8-9-13)10-4-7-12-5-2-1-3-6-12/h1-3,5-6,11,13H,4,7-10,16H2. The summed E-state index contributed by atoms with van der Waals surface area (Å²) >= 11 is 0. The summed E-state index contributed by atoms with van der Waals surface area (Å²) in [5.41, 5.74) is 9.52. The number of hydrogen-bond acceptors (Lipinski definition) is 2. The quantitative estimate of drug-likeness (QED) is 0.874. The summed E-state index contributed by atoms with van der Waals surface area (Å²) in [4.78, 5) is 0. The van der Waals surface area contributed by atoms with E-state index in [0.717, 1.165) is 25.1 Å². The van der Waals surface area contributed by atoms with Gasteiger partial charge in [0.25, 0.3) is 0 Å². The first-order valence-electron chi connectivity index (χ1n) is 6.69. The zero-order valence-electron chi connectivity index (χ0n) is 10.5. The average Bonchev–Trinajstić information content (AvgIpc) is 3.16. The molecule has 0 saturated heterocycles. The second-order valence-corrected chi connectivity index (χ2v) is 5.07. The molecular weight excluding hydrogens is 222 g/mol. The number of rotatable bonds is 5. The average molecular weight is 241 g/mol. The molecule has 94 valence electrons. The molecule has 1 aliphatic rings. The SMILES string of the molecule is Nc1cnn(CCCc2ccccc2)c1C1CC1. The number of benzene rings is 1. The van der Waals surface area contributed by atoms with Crippen LogP contribution in [0, 0.1) is 0 Å². The van der Waals surface area contributed by atoms with Crippen LogP contribution in [0.3, 0.4) is 0 Å². The first-order chi connectivity index (χ1) is 8.84. The minimum atomic E-state index is 0.671. The minimum absolute atomic E-state index is 0.671. The van der Waals surface area contributed by atoms with Crippen LogP contribution in [0.2, 0.25) is 0 Å². The van der Waals surface area contributed by atoms with Crippen molar-refractivity contribution in [1.82, 2.24) is 9.78 Å². The molecule has 0 spiro atoms. The highest BCUT2D eigenvalue weighted by Gasteiger charge is 2.29. The number of aromatic nitrogens is 2. The Labute approximate surface area is 108 Å². The summed E-state index contributed by atoms with van der Waals surface area (Å²) in [5.74, 6) is 0.671. The van der Waals surface area contributed by atoms with Crippen molar-refractivity contribution < 1.29 is 0 Å². The third kappa shape index (κ3) is 2.40. The lowest BCUT2D eigenvalue weighted by Gasteiger charge is -2.07. The Bertz CT molecular complexity index is 512. The van der Waals surface area contributed by atoms with Crippen molar-refractivity contribution in [2.45, 2.75) is 38.1 Å². The number of aryl methyl sites for hydroxylation is 2. The molecule has 2 aromatic rings. The minimum Gasteiger partial charge on any atom is -0.396 e. The number of hydrogen-bond donors (Lipinski definition) is 1. The van der Waals surface area contributed by atoms with Gasteiger partial charge < -0.3 is 5.73 Å². The lowest BCUT2D eigenvalue weighted by atomic mass is 10.1. The molecule has 1 heterocycles. The molecule has 2 N–H and O–H groups in total. The van der Waals surface area contributed by atoms with Crippen LogP contribution in [0.15, 0.2) is 36.5 Å². The summed E-state index contributed by atoms with van der Waals surface area (Å²) in [6.45, 7) is 0.970. The fourth-order valence-corrected chi connectivity index (χ4v) is 2.47. The predicted octanol–water partition coefficient (Wildman–Crippen LogP) is 2.98. The van der Waals surface area contributed by atoms with Crippen LogP contribution >= 0.6 is 0 Å². The maximum Gasteiger partial charge on any atom is 0.0735 e. The Morgan fingerprint density at radius 1 is 1.22 bits per heavy atom. The van der Waals surface area contributed by atoms with E-state index in [-0.39, 0.29) is 0 Å². The molecule has 3 rings (SSSR count). The zero-order valence-corrected chi connectivity index (χ0v) is 10.5. The van der Waals surface area contributed by atoms with E-state index < -0.39 is 0 Å². The maximum absolute atomic E-state index is 5.98. The Hall–Kier alpha value is -1.77. The number of nitrogen functional groups attached to an aromatic ring is 1. The Morgan fingerprint density at radius 2 is 2.00 bits per heavy atom. The van der Waals surface area contributed by atoms with Crippen LogP contribution in [0.1, 0.15) is 36.4 Å². The third-order valence-electron chi connectivity index (χ3n) is 3.55. The van der Waals surface area contributed by atoms with E-state index in [1.807, 2.05) is 0 Å². The summed E-state index contributed by atoms with van der Waals surface area (Å²) in [6.07, 6.45) is 6.56.